The van der Waals surface area contributed by atoms with Crippen LogP contribution < -0.4 is 11.5 Å². The zero-order valence-corrected chi connectivity index (χ0v) is 25.7. The Hall–Kier alpha value is -5.10. The lowest BCUT2D eigenvalue weighted by Crippen LogP contribution is -2.35. The lowest BCUT2D eigenvalue weighted by atomic mass is 9.91. The van der Waals surface area contributed by atoms with Crippen LogP contribution in [0.4, 0.5) is 0 Å². The van der Waals surface area contributed by atoms with Gasteiger partial charge in [0.25, 0.3) is 0 Å². The predicted molar refractivity (Wildman–Crippen MR) is 180 cm³/mol. The first-order valence-corrected chi connectivity index (χ1v) is 14.9. The van der Waals surface area contributed by atoms with Crippen LogP contribution in [0.25, 0.3) is 55.4 Å². The number of hydrogen-bond acceptors (Lipinski definition) is 2. The minimum atomic E-state index is -0.830. The predicted octanol–water partition coefficient (Wildman–Crippen LogP) is 7.62. The van der Waals surface area contributed by atoms with Gasteiger partial charge >= 0.3 is 0 Å². The van der Waals surface area contributed by atoms with E-state index in [0.29, 0.717) is 13.1 Å². The highest BCUT2D eigenvalue weighted by molar-refractivity contribution is 6.13. The fraction of sp³-hybridized carbons (Fsp3) is 0.211. The molecule has 4 aromatic carbocycles. The van der Waals surface area contributed by atoms with E-state index in [1.54, 1.807) is 0 Å². The molecule has 0 atom stereocenters. The van der Waals surface area contributed by atoms with E-state index in [1.165, 1.54) is 0 Å². The third-order valence-electron chi connectivity index (χ3n) is 8.73. The van der Waals surface area contributed by atoms with Crippen molar-refractivity contribution in [1.29, 1.82) is 0 Å². The average Bonchev–Trinajstić information content (AvgIpc) is 3.49. The summed E-state index contributed by atoms with van der Waals surface area (Å²) in [5.74, 6) is -0.727. The third kappa shape index (κ3) is 4.86. The quantitative estimate of drug-likeness (QED) is 0.183. The van der Waals surface area contributed by atoms with Crippen LogP contribution in [0.3, 0.4) is 0 Å². The number of carbonyl (C=O) groups excluding carboxylic acids is 2. The summed E-state index contributed by atoms with van der Waals surface area (Å²) in [7, 11) is 0. The van der Waals surface area contributed by atoms with Crippen molar-refractivity contribution in [2.75, 3.05) is 0 Å². The summed E-state index contributed by atoms with van der Waals surface area (Å²) in [5.41, 5.74) is 18.5. The Morgan fingerprint density at radius 2 is 0.909 bits per heavy atom. The second-order valence-electron chi connectivity index (χ2n) is 12.9. The van der Waals surface area contributed by atoms with Crippen molar-refractivity contribution in [2.24, 2.45) is 22.3 Å². The Bertz CT molecular complexity index is 2010. The van der Waals surface area contributed by atoms with Crippen LogP contribution in [-0.4, -0.2) is 20.9 Å². The molecule has 0 aliphatic rings. The van der Waals surface area contributed by atoms with Crippen LogP contribution in [0.1, 0.15) is 27.7 Å². The van der Waals surface area contributed by atoms with Crippen molar-refractivity contribution in [3.63, 3.8) is 0 Å². The SMILES string of the molecule is CC(C)(Cn1c(-c2ccccc2)c(-c2c(-c3ccccc3)c3ccccc3n2CC(C)(C)C(N)=O)c2ccccc21)C(N)=O. The van der Waals surface area contributed by atoms with E-state index in [0.717, 1.165) is 55.4 Å². The van der Waals surface area contributed by atoms with E-state index < -0.39 is 10.8 Å². The smallest absolute Gasteiger partial charge is 0.224 e. The summed E-state index contributed by atoms with van der Waals surface area (Å²) in [6, 6.07) is 37.3. The van der Waals surface area contributed by atoms with E-state index in [2.05, 4.69) is 75.9 Å². The number of hydrogen-bond donors (Lipinski definition) is 2. The second-order valence-corrected chi connectivity index (χ2v) is 12.9. The Labute approximate surface area is 257 Å². The first-order chi connectivity index (χ1) is 21.0. The molecular formula is C38H38N4O2. The highest BCUT2D eigenvalue weighted by Gasteiger charge is 2.34. The number of benzene rings is 4. The third-order valence-corrected chi connectivity index (χ3v) is 8.73. The van der Waals surface area contributed by atoms with Gasteiger partial charge in [-0.15, -0.1) is 0 Å². The molecule has 6 rings (SSSR count). The van der Waals surface area contributed by atoms with Crippen LogP contribution in [0, 0.1) is 10.8 Å². The van der Waals surface area contributed by atoms with Gasteiger partial charge in [0.05, 0.1) is 22.2 Å². The second kappa shape index (κ2) is 10.9. The molecular weight excluding hydrogens is 544 g/mol. The molecule has 0 saturated carbocycles. The van der Waals surface area contributed by atoms with Crippen molar-refractivity contribution in [1.82, 2.24) is 9.13 Å². The van der Waals surface area contributed by atoms with Gasteiger partial charge in [-0.1, -0.05) is 97.1 Å². The van der Waals surface area contributed by atoms with E-state index in [1.807, 2.05) is 70.2 Å². The Morgan fingerprint density at radius 1 is 0.523 bits per heavy atom. The molecule has 0 radical (unpaired) electrons. The molecule has 2 aromatic heterocycles. The Balaban J connectivity index is 1.84. The first kappa shape index (κ1) is 29.0. The van der Waals surface area contributed by atoms with Crippen molar-refractivity contribution >= 4 is 33.6 Å². The topological polar surface area (TPSA) is 96.0 Å². The highest BCUT2D eigenvalue weighted by Crippen LogP contribution is 2.49. The summed E-state index contributed by atoms with van der Waals surface area (Å²) >= 11 is 0. The van der Waals surface area contributed by atoms with Gasteiger partial charge in [-0.2, -0.15) is 0 Å². The van der Waals surface area contributed by atoms with Crippen LogP contribution in [0.5, 0.6) is 0 Å². The molecule has 222 valence electrons. The van der Waals surface area contributed by atoms with Gasteiger partial charge in [-0.25, -0.2) is 0 Å². The van der Waals surface area contributed by atoms with Crippen molar-refractivity contribution in [3.05, 3.63) is 109 Å². The zero-order valence-electron chi connectivity index (χ0n) is 25.7. The fourth-order valence-corrected chi connectivity index (χ4v) is 6.17. The Kier molecular flexibility index (Phi) is 7.16. The number of carbonyl (C=O) groups is 2. The lowest BCUT2D eigenvalue weighted by molar-refractivity contribution is -0.127. The fourth-order valence-electron chi connectivity index (χ4n) is 6.17. The molecule has 4 N–H and O–H groups in total. The number of nitrogens with zero attached hydrogens (tertiary/aromatic N) is 2. The molecule has 6 aromatic rings. The minimum absolute atomic E-state index is 0.363. The molecule has 2 heterocycles. The maximum absolute atomic E-state index is 12.8. The molecule has 44 heavy (non-hydrogen) atoms. The van der Waals surface area contributed by atoms with Gasteiger partial charge in [-0.05, 0) is 51.0 Å². The standard InChI is InChI=1S/C38H38N4O2/c1-37(2,35(39)43)23-41-30-22-14-12-20-28(30)32(33(41)26-17-9-6-10-18-26)34-31(25-15-7-5-8-16-25)27-19-11-13-21-29(27)42(34)24-38(3,4)36(40)44/h5-22H,23-24H2,1-4H3,(H2,39,43)(H2,40,44). The van der Waals surface area contributed by atoms with Crippen LogP contribution in [0.2, 0.25) is 0 Å². The van der Waals surface area contributed by atoms with Gasteiger partial charge in [0.2, 0.25) is 11.8 Å². The molecule has 0 saturated heterocycles. The largest absolute Gasteiger partial charge is 0.369 e. The molecule has 0 aliphatic carbocycles. The molecule has 0 bridgehead atoms. The van der Waals surface area contributed by atoms with Gasteiger partial charge < -0.3 is 20.6 Å². The molecule has 6 heteroatoms. The average molecular weight is 583 g/mol. The van der Waals surface area contributed by atoms with Gasteiger partial charge in [0.15, 0.2) is 0 Å². The molecule has 0 aliphatic heterocycles. The summed E-state index contributed by atoms with van der Waals surface area (Å²) in [5, 5.41) is 2.13. The number of nitrogens with two attached hydrogens (primary N) is 2. The molecule has 0 fully saturated rings. The van der Waals surface area contributed by atoms with Crippen molar-refractivity contribution < 1.29 is 9.59 Å². The normalized spacial score (nSPS) is 12.2. The molecule has 0 spiro atoms. The maximum atomic E-state index is 12.8. The molecule has 2 amide bonds. The highest BCUT2D eigenvalue weighted by atomic mass is 16.1. The summed E-state index contributed by atoms with van der Waals surface area (Å²) in [4.78, 5) is 25.5. The number of para-hydroxylation sites is 2. The maximum Gasteiger partial charge on any atom is 0.224 e. The van der Waals surface area contributed by atoms with Crippen LogP contribution in [-0.2, 0) is 22.7 Å². The first-order valence-electron chi connectivity index (χ1n) is 14.9. The monoisotopic (exact) mass is 582 g/mol. The number of amides is 2. The summed E-state index contributed by atoms with van der Waals surface area (Å²) in [6.45, 7) is 8.34. The van der Waals surface area contributed by atoms with Gasteiger partial charge in [-0.3, -0.25) is 9.59 Å². The molecule has 6 nitrogen and oxygen atoms in total. The van der Waals surface area contributed by atoms with Crippen LogP contribution in [0.15, 0.2) is 109 Å². The number of rotatable bonds is 9. The number of primary amides is 2. The van der Waals surface area contributed by atoms with Crippen molar-refractivity contribution in [2.45, 2.75) is 40.8 Å². The van der Waals surface area contributed by atoms with E-state index in [4.69, 9.17) is 11.5 Å². The van der Waals surface area contributed by atoms with E-state index in [9.17, 15) is 9.59 Å². The van der Waals surface area contributed by atoms with Gasteiger partial charge in [0, 0.05) is 46.0 Å². The molecule has 0 unspecified atom stereocenters. The van der Waals surface area contributed by atoms with E-state index >= 15 is 0 Å². The summed E-state index contributed by atoms with van der Waals surface area (Å²) in [6.07, 6.45) is 0. The van der Waals surface area contributed by atoms with Crippen LogP contribution >= 0.6 is 0 Å². The lowest BCUT2D eigenvalue weighted by Gasteiger charge is -2.25. The summed E-state index contributed by atoms with van der Waals surface area (Å²) < 4.78 is 4.50. The van der Waals surface area contributed by atoms with E-state index in [-0.39, 0.29) is 11.8 Å². The van der Waals surface area contributed by atoms with Crippen molar-refractivity contribution in [3.8, 4) is 33.6 Å². The Morgan fingerprint density at radius 3 is 1.39 bits per heavy atom. The number of fused-ring (bicyclic) bond motifs is 2. The zero-order chi connectivity index (χ0) is 31.2. The minimum Gasteiger partial charge on any atom is -0.369 e. The van der Waals surface area contributed by atoms with Gasteiger partial charge in [0.1, 0.15) is 0 Å². The number of aromatic nitrogens is 2.